The first kappa shape index (κ1) is 17.6. The molecule has 1 saturated heterocycles. The Morgan fingerprint density at radius 1 is 1.03 bits per heavy atom. The summed E-state index contributed by atoms with van der Waals surface area (Å²) in [5.74, 6) is 0.342. The smallest absolute Gasteiger partial charge is 0.257 e. The number of ether oxygens (including phenoxy) is 1. The Balaban J connectivity index is 1.64. The molecule has 10 heteroatoms. The lowest BCUT2D eigenvalue weighted by Gasteiger charge is -2.45. The molecule has 3 heterocycles. The van der Waals surface area contributed by atoms with Crippen LogP contribution in [0, 0.1) is 11.7 Å². The first-order chi connectivity index (χ1) is 14.2. The van der Waals surface area contributed by atoms with Gasteiger partial charge in [0.1, 0.15) is 17.6 Å². The van der Waals surface area contributed by atoms with E-state index in [0.29, 0.717) is 5.95 Å². The van der Waals surface area contributed by atoms with Gasteiger partial charge < -0.3 is 10.1 Å². The Morgan fingerprint density at radius 3 is 2.48 bits per heavy atom. The number of hydrogen-bond acceptors (Lipinski definition) is 7. The Hall–Kier alpha value is -3.53. The predicted molar refractivity (Wildman–Crippen MR) is 100 cm³/mol. The lowest BCUT2D eigenvalue weighted by Crippen LogP contribution is -2.63. The Kier molecular flexibility index (Phi) is 4.13. The Labute approximate surface area is 165 Å². The van der Waals surface area contributed by atoms with Crippen molar-refractivity contribution in [1.29, 1.82) is 0 Å². The molecule has 0 saturated carbocycles. The lowest BCUT2D eigenvalue weighted by molar-refractivity contribution is -0.128. The second-order valence-electron chi connectivity index (χ2n) is 7.03. The normalized spacial score (nSPS) is 25.4. The highest BCUT2D eigenvalue weighted by Crippen LogP contribution is 2.43. The van der Waals surface area contributed by atoms with Gasteiger partial charge in [-0.3, -0.25) is 10.2 Å². The van der Waals surface area contributed by atoms with E-state index in [4.69, 9.17) is 4.74 Å². The van der Waals surface area contributed by atoms with Crippen LogP contribution in [-0.4, -0.2) is 39.3 Å². The average Bonchev–Trinajstić information content (AvgIpc) is 3.22. The quantitative estimate of drug-likeness (QED) is 0.612. The van der Waals surface area contributed by atoms with E-state index in [2.05, 4.69) is 31.7 Å². The number of tetrazole rings is 1. The SMILES string of the molecule is COc1ccc(C2C3C(Nc4nnnn42)C(=O)NNC3c2ccc(F)cc2)cc1. The van der Waals surface area contributed by atoms with Gasteiger partial charge in [0.25, 0.3) is 5.91 Å². The average molecular weight is 395 g/mol. The number of halogens is 1. The molecule has 4 unspecified atom stereocenters. The maximum Gasteiger partial charge on any atom is 0.257 e. The van der Waals surface area contributed by atoms with Crippen molar-refractivity contribution in [1.82, 2.24) is 31.1 Å². The van der Waals surface area contributed by atoms with Crippen LogP contribution in [0.4, 0.5) is 10.3 Å². The zero-order valence-electron chi connectivity index (χ0n) is 15.4. The van der Waals surface area contributed by atoms with Crippen molar-refractivity contribution in [3.05, 3.63) is 65.5 Å². The fraction of sp³-hybridized carbons (Fsp3) is 0.263. The van der Waals surface area contributed by atoms with Crippen molar-refractivity contribution in [2.24, 2.45) is 5.92 Å². The van der Waals surface area contributed by atoms with Crippen molar-refractivity contribution in [3.63, 3.8) is 0 Å². The van der Waals surface area contributed by atoms with Crippen molar-refractivity contribution in [2.45, 2.75) is 18.1 Å². The predicted octanol–water partition coefficient (Wildman–Crippen LogP) is 1.20. The minimum Gasteiger partial charge on any atom is -0.497 e. The van der Waals surface area contributed by atoms with E-state index in [0.717, 1.165) is 16.9 Å². The molecule has 29 heavy (non-hydrogen) atoms. The van der Waals surface area contributed by atoms with Gasteiger partial charge in [-0.25, -0.2) is 14.5 Å². The first-order valence-corrected chi connectivity index (χ1v) is 9.15. The zero-order valence-corrected chi connectivity index (χ0v) is 15.4. The number of benzene rings is 2. The molecular formula is C19H18FN7O2. The third-order valence-corrected chi connectivity index (χ3v) is 5.50. The molecule has 2 aliphatic rings. The fourth-order valence-electron chi connectivity index (χ4n) is 4.13. The van der Waals surface area contributed by atoms with Crippen molar-refractivity contribution >= 4 is 11.9 Å². The molecule has 1 amide bonds. The van der Waals surface area contributed by atoms with Crippen molar-refractivity contribution < 1.29 is 13.9 Å². The number of amides is 1. The second kappa shape index (κ2) is 6.82. The van der Waals surface area contributed by atoms with Gasteiger partial charge >= 0.3 is 0 Å². The molecule has 0 spiro atoms. The minimum absolute atomic E-state index is 0.207. The summed E-state index contributed by atoms with van der Waals surface area (Å²) in [5.41, 5.74) is 7.57. The van der Waals surface area contributed by atoms with Crippen LogP contribution in [0.15, 0.2) is 48.5 Å². The monoisotopic (exact) mass is 395 g/mol. The summed E-state index contributed by atoms with van der Waals surface area (Å²) in [7, 11) is 1.61. The molecular weight excluding hydrogens is 377 g/mol. The first-order valence-electron chi connectivity index (χ1n) is 9.15. The van der Waals surface area contributed by atoms with Gasteiger partial charge in [-0.1, -0.05) is 29.4 Å². The summed E-state index contributed by atoms with van der Waals surface area (Å²) in [6, 6.07) is 12.6. The van der Waals surface area contributed by atoms with Crippen molar-refractivity contribution in [3.8, 4) is 5.75 Å². The molecule has 1 aromatic heterocycles. The molecule has 3 N–H and O–H groups in total. The molecule has 148 valence electrons. The minimum atomic E-state index is -0.572. The van der Waals surface area contributed by atoms with Gasteiger partial charge in [0, 0.05) is 5.92 Å². The van der Waals surface area contributed by atoms with E-state index in [1.54, 1.807) is 23.9 Å². The summed E-state index contributed by atoms with van der Waals surface area (Å²) in [4.78, 5) is 12.7. The van der Waals surface area contributed by atoms with E-state index in [1.807, 2.05) is 24.3 Å². The highest BCUT2D eigenvalue weighted by atomic mass is 19.1. The van der Waals surface area contributed by atoms with E-state index >= 15 is 0 Å². The van der Waals surface area contributed by atoms with Crippen LogP contribution >= 0.6 is 0 Å². The second-order valence-corrected chi connectivity index (χ2v) is 7.03. The van der Waals surface area contributed by atoms with Gasteiger partial charge in [0.2, 0.25) is 5.95 Å². The molecule has 0 radical (unpaired) electrons. The third-order valence-electron chi connectivity index (χ3n) is 5.50. The number of nitrogens with zero attached hydrogens (tertiary/aromatic N) is 4. The van der Waals surface area contributed by atoms with Gasteiger partial charge in [-0.15, -0.1) is 0 Å². The summed E-state index contributed by atoms with van der Waals surface area (Å²) in [6.45, 7) is 0. The number of carbonyl (C=O) groups excluding carboxylic acids is 1. The maximum atomic E-state index is 13.5. The van der Waals surface area contributed by atoms with Gasteiger partial charge in [0.05, 0.1) is 19.2 Å². The molecule has 2 aliphatic heterocycles. The van der Waals surface area contributed by atoms with Gasteiger partial charge in [-0.2, -0.15) is 0 Å². The van der Waals surface area contributed by atoms with Crippen molar-refractivity contribution in [2.75, 3.05) is 12.4 Å². The van der Waals surface area contributed by atoms with Crippen LogP contribution in [0.1, 0.15) is 23.2 Å². The Bertz CT molecular complexity index is 1040. The number of fused-ring (bicyclic) bond motifs is 2. The highest BCUT2D eigenvalue weighted by Gasteiger charge is 2.49. The summed E-state index contributed by atoms with van der Waals surface area (Å²) in [5, 5.41) is 15.1. The van der Waals surface area contributed by atoms with E-state index in [9.17, 15) is 9.18 Å². The molecule has 5 rings (SSSR count). The molecule has 3 aromatic rings. The number of aromatic nitrogens is 4. The summed E-state index contributed by atoms with van der Waals surface area (Å²) < 4.78 is 20.4. The highest BCUT2D eigenvalue weighted by molar-refractivity contribution is 5.85. The van der Waals surface area contributed by atoms with E-state index in [-0.39, 0.29) is 29.7 Å². The number of hydrogen-bond donors (Lipinski definition) is 3. The van der Waals surface area contributed by atoms with Crippen LogP contribution in [0.25, 0.3) is 0 Å². The number of rotatable bonds is 3. The summed E-state index contributed by atoms with van der Waals surface area (Å²) in [6.07, 6.45) is 0. The Morgan fingerprint density at radius 2 is 1.76 bits per heavy atom. The maximum absolute atomic E-state index is 13.5. The number of nitrogens with one attached hydrogen (secondary N) is 3. The topological polar surface area (TPSA) is 106 Å². The van der Waals surface area contributed by atoms with Crippen LogP contribution < -0.4 is 20.9 Å². The molecule has 0 bridgehead atoms. The van der Waals surface area contributed by atoms with Crippen LogP contribution in [0.2, 0.25) is 0 Å². The van der Waals surface area contributed by atoms with Crippen LogP contribution in [0.3, 0.4) is 0 Å². The fourth-order valence-corrected chi connectivity index (χ4v) is 4.13. The molecule has 0 aliphatic carbocycles. The van der Waals surface area contributed by atoms with Crippen LogP contribution in [-0.2, 0) is 4.79 Å². The number of carbonyl (C=O) groups is 1. The largest absolute Gasteiger partial charge is 0.497 e. The summed E-state index contributed by atoms with van der Waals surface area (Å²) >= 11 is 0. The number of anilines is 1. The zero-order chi connectivity index (χ0) is 20.0. The molecule has 9 nitrogen and oxygen atoms in total. The van der Waals surface area contributed by atoms with Gasteiger partial charge in [0.15, 0.2) is 0 Å². The molecule has 4 atom stereocenters. The van der Waals surface area contributed by atoms with Gasteiger partial charge in [-0.05, 0) is 45.8 Å². The van der Waals surface area contributed by atoms with Crippen LogP contribution in [0.5, 0.6) is 5.75 Å². The van der Waals surface area contributed by atoms with E-state index < -0.39 is 6.04 Å². The van der Waals surface area contributed by atoms with E-state index in [1.165, 1.54) is 12.1 Å². The lowest BCUT2D eigenvalue weighted by atomic mass is 9.76. The molecule has 1 fully saturated rings. The third kappa shape index (κ3) is 2.88. The number of hydrazine groups is 1. The molecule has 2 aromatic carbocycles. The number of methoxy groups -OCH3 is 1. The standard InChI is InChI=1S/C19H18FN7O2/c1-29-13-8-4-11(5-9-13)17-14-15(10-2-6-12(20)7-3-10)22-23-18(28)16(14)21-19-24-25-26-27(17)19/h2-9,14-17,22H,1H3,(H,23,28)(H,21,24,26).